The minimum atomic E-state index is -0.00439. The highest BCUT2D eigenvalue weighted by Gasteiger charge is 2.24. The van der Waals surface area contributed by atoms with Crippen molar-refractivity contribution in [2.24, 2.45) is 11.7 Å². The van der Waals surface area contributed by atoms with Crippen LogP contribution in [0.25, 0.3) is 0 Å². The molecule has 1 amide bonds. The molecule has 0 radical (unpaired) electrons. The fraction of sp³-hybridized carbons (Fsp3) is 0.562. The molecular formula is C16H24N2O. The predicted molar refractivity (Wildman–Crippen MR) is 77.6 cm³/mol. The maximum absolute atomic E-state index is 12.5. The number of carbonyl (C=O) groups excluding carboxylic acids is 1. The Morgan fingerprint density at radius 2 is 2.11 bits per heavy atom. The Morgan fingerprint density at radius 3 is 2.79 bits per heavy atom. The molecule has 2 rings (SSSR count). The Hall–Kier alpha value is -1.35. The van der Waals surface area contributed by atoms with E-state index in [0.29, 0.717) is 6.54 Å². The van der Waals surface area contributed by atoms with Gasteiger partial charge in [-0.2, -0.15) is 0 Å². The second-order valence-electron chi connectivity index (χ2n) is 5.35. The quantitative estimate of drug-likeness (QED) is 0.903. The van der Waals surface area contributed by atoms with E-state index in [4.69, 9.17) is 5.73 Å². The predicted octanol–water partition coefficient (Wildman–Crippen LogP) is 2.34. The van der Waals surface area contributed by atoms with E-state index in [9.17, 15) is 4.79 Å². The molecule has 104 valence electrons. The summed E-state index contributed by atoms with van der Waals surface area (Å²) in [5.41, 5.74) is 8.43. The van der Waals surface area contributed by atoms with Gasteiger partial charge in [-0.3, -0.25) is 4.79 Å². The molecule has 2 N–H and O–H groups in total. The maximum atomic E-state index is 12.5. The highest BCUT2D eigenvalue weighted by molar-refractivity contribution is 5.79. The van der Waals surface area contributed by atoms with Crippen LogP contribution < -0.4 is 5.73 Å². The summed E-state index contributed by atoms with van der Waals surface area (Å²) in [4.78, 5) is 14.5. The van der Waals surface area contributed by atoms with Gasteiger partial charge in [0.15, 0.2) is 0 Å². The van der Waals surface area contributed by atoms with E-state index in [-0.39, 0.29) is 11.8 Å². The zero-order valence-electron chi connectivity index (χ0n) is 11.8. The van der Waals surface area contributed by atoms with Crippen molar-refractivity contribution in [2.75, 3.05) is 13.1 Å². The van der Waals surface area contributed by atoms with Gasteiger partial charge in [0, 0.05) is 19.6 Å². The molecule has 1 aromatic carbocycles. The van der Waals surface area contributed by atoms with Gasteiger partial charge in [-0.25, -0.2) is 0 Å². The molecule has 1 heterocycles. The molecule has 0 fully saturated rings. The van der Waals surface area contributed by atoms with Crippen LogP contribution in [0.5, 0.6) is 0 Å². The minimum Gasteiger partial charge on any atom is -0.338 e. The highest BCUT2D eigenvalue weighted by Crippen LogP contribution is 2.20. The molecule has 0 saturated heterocycles. The molecule has 0 aromatic heterocycles. The number of carbonyl (C=O) groups is 1. The molecule has 19 heavy (non-hydrogen) atoms. The molecule has 0 bridgehead atoms. The Labute approximate surface area is 115 Å². The van der Waals surface area contributed by atoms with Crippen molar-refractivity contribution in [1.82, 2.24) is 4.90 Å². The normalized spacial score (nSPS) is 16.6. The number of hydrogen-bond donors (Lipinski definition) is 1. The summed E-state index contributed by atoms with van der Waals surface area (Å²) in [6.07, 6.45) is 4.03. The largest absolute Gasteiger partial charge is 0.338 e. The lowest BCUT2D eigenvalue weighted by Gasteiger charge is -2.25. The molecule has 1 unspecified atom stereocenters. The van der Waals surface area contributed by atoms with Crippen LogP contribution in [-0.2, 0) is 17.8 Å². The van der Waals surface area contributed by atoms with E-state index < -0.39 is 0 Å². The summed E-state index contributed by atoms with van der Waals surface area (Å²) in [7, 11) is 0. The first kappa shape index (κ1) is 14.1. The zero-order chi connectivity index (χ0) is 13.7. The van der Waals surface area contributed by atoms with E-state index in [1.165, 1.54) is 11.1 Å². The van der Waals surface area contributed by atoms with Gasteiger partial charge in [0.2, 0.25) is 5.91 Å². The van der Waals surface area contributed by atoms with Crippen molar-refractivity contribution in [3.05, 3.63) is 35.4 Å². The number of aryl methyl sites for hydroxylation is 1. The molecule has 0 spiro atoms. The topological polar surface area (TPSA) is 46.3 Å². The molecule has 3 nitrogen and oxygen atoms in total. The second kappa shape index (κ2) is 6.71. The van der Waals surface area contributed by atoms with Crippen LogP contribution in [0, 0.1) is 5.92 Å². The minimum absolute atomic E-state index is 0.00439. The van der Waals surface area contributed by atoms with Crippen molar-refractivity contribution < 1.29 is 4.79 Å². The Morgan fingerprint density at radius 1 is 1.37 bits per heavy atom. The monoisotopic (exact) mass is 260 g/mol. The fourth-order valence-electron chi connectivity index (χ4n) is 2.84. The number of amides is 1. The van der Waals surface area contributed by atoms with Gasteiger partial charge in [-0.15, -0.1) is 0 Å². The van der Waals surface area contributed by atoms with Crippen LogP contribution in [0.15, 0.2) is 24.3 Å². The number of rotatable bonds is 4. The van der Waals surface area contributed by atoms with Crippen LogP contribution in [0.2, 0.25) is 0 Å². The summed E-state index contributed by atoms with van der Waals surface area (Å²) in [6, 6.07) is 8.45. The summed E-state index contributed by atoms with van der Waals surface area (Å²) in [5, 5.41) is 0. The van der Waals surface area contributed by atoms with Crippen molar-refractivity contribution in [2.45, 2.75) is 39.2 Å². The summed E-state index contributed by atoms with van der Waals surface area (Å²) < 4.78 is 0. The van der Waals surface area contributed by atoms with Gasteiger partial charge in [0.25, 0.3) is 0 Å². The first-order valence-electron chi connectivity index (χ1n) is 7.32. The third-order valence-electron chi connectivity index (χ3n) is 3.94. The third-order valence-corrected chi connectivity index (χ3v) is 3.94. The molecule has 0 aliphatic carbocycles. The van der Waals surface area contributed by atoms with Gasteiger partial charge in [0.1, 0.15) is 0 Å². The molecular weight excluding hydrogens is 236 g/mol. The Bertz CT molecular complexity index is 431. The SMILES string of the molecule is CCCC(CN)C(=O)N1CCCc2ccccc2C1. The van der Waals surface area contributed by atoms with Crippen molar-refractivity contribution in [1.29, 1.82) is 0 Å². The van der Waals surface area contributed by atoms with E-state index in [2.05, 4.69) is 31.2 Å². The lowest BCUT2D eigenvalue weighted by atomic mass is 10.0. The number of nitrogens with two attached hydrogens (primary N) is 1. The van der Waals surface area contributed by atoms with Gasteiger partial charge >= 0.3 is 0 Å². The standard InChI is InChI=1S/C16H24N2O/c1-2-6-14(11-17)16(19)18-10-5-9-13-7-3-4-8-15(13)12-18/h3-4,7-8,14H,2,5-6,9-12,17H2,1H3. The van der Waals surface area contributed by atoms with Crippen LogP contribution in [0.1, 0.15) is 37.3 Å². The fourth-order valence-corrected chi connectivity index (χ4v) is 2.84. The van der Waals surface area contributed by atoms with Crippen molar-refractivity contribution >= 4 is 5.91 Å². The third kappa shape index (κ3) is 3.35. The highest BCUT2D eigenvalue weighted by atomic mass is 16.2. The lowest BCUT2D eigenvalue weighted by Crippen LogP contribution is -2.38. The maximum Gasteiger partial charge on any atom is 0.227 e. The molecule has 3 heteroatoms. The van der Waals surface area contributed by atoms with Crippen LogP contribution in [0.3, 0.4) is 0 Å². The van der Waals surface area contributed by atoms with Crippen LogP contribution in [-0.4, -0.2) is 23.9 Å². The van der Waals surface area contributed by atoms with Gasteiger partial charge in [-0.1, -0.05) is 37.6 Å². The molecule has 1 aliphatic rings. The van der Waals surface area contributed by atoms with Crippen molar-refractivity contribution in [3.63, 3.8) is 0 Å². The number of nitrogens with zero attached hydrogens (tertiary/aromatic N) is 1. The van der Waals surface area contributed by atoms with Crippen molar-refractivity contribution in [3.8, 4) is 0 Å². The van der Waals surface area contributed by atoms with E-state index >= 15 is 0 Å². The molecule has 1 atom stereocenters. The lowest BCUT2D eigenvalue weighted by molar-refractivity contribution is -0.136. The summed E-state index contributed by atoms with van der Waals surface area (Å²) in [6.45, 7) is 4.17. The van der Waals surface area contributed by atoms with Crippen LogP contribution >= 0.6 is 0 Å². The number of fused-ring (bicyclic) bond motifs is 1. The average molecular weight is 260 g/mol. The first-order chi connectivity index (χ1) is 9.26. The first-order valence-corrected chi connectivity index (χ1v) is 7.32. The van der Waals surface area contributed by atoms with E-state index in [1.807, 2.05) is 4.90 Å². The average Bonchev–Trinajstić information content (AvgIpc) is 2.66. The number of benzene rings is 1. The zero-order valence-corrected chi connectivity index (χ0v) is 11.8. The van der Waals surface area contributed by atoms with E-state index in [0.717, 1.165) is 38.8 Å². The molecule has 1 aliphatic heterocycles. The smallest absolute Gasteiger partial charge is 0.227 e. The number of hydrogen-bond acceptors (Lipinski definition) is 2. The second-order valence-corrected chi connectivity index (χ2v) is 5.35. The molecule has 0 saturated carbocycles. The Kier molecular flexibility index (Phi) is 4.97. The van der Waals surface area contributed by atoms with Gasteiger partial charge in [0.05, 0.1) is 5.92 Å². The van der Waals surface area contributed by atoms with Crippen LogP contribution in [0.4, 0.5) is 0 Å². The Balaban J connectivity index is 2.11. The summed E-state index contributed by atoms with van der Waals surface area (Å²) in [5.74, 6) is 0.233. The summed E-state index contributed by atoms with van der Waals surface area (Å²) >= 11 is 0. The van der Waals surface area contributed by atoms with Gasteiger partial charge < -0.3 is 10.6 Å². The van der Waals surface area contributed by atoms with Gasteiger partial charge in [-0.05, 0) is 30.4 Å². The van der Waals surface area contributed by atoms with E-state index in [1.54, 1.807) is 0 Å². The molecule has 1 aromatic rings.